The largest absolute Gasteiger partial charge is 0.300 e. The van der Waals surface area contributed by atoms with Crippen molar-refractivity contribution in [3.05, 3.63) is 35.2 Å². The van der Waals surface area contributed by atoms with Gasteiger partial charge in [-0.05, 0) is 22.4 Å². The number of halogens is 1. The third kappa shape index (κ3) is 1.85. The van der Waals surface area contributed by atoms with Gasteiger partial charge in [0.1, 0.15) is 0 Å². The van der Waals surface area contributed by atoms with E-state index in [0.29, 0.717) is 6.00 Å². The van der Waals surface area contributed by atoms with Gasteiger partial charge in [0, 0.05) is 11.2 Å². The Labute approximate surface area is 86.3 Å². The maximum Gasteiger partial charge on any atom is 0.0716 e. The lowest BCUT2D eigenvalue weighted by Crippen LogP contribution is -2.09. The fourth-order valence-corrected chi connectivity index (χ4v) is 2.41. The molecule has 0 aliphatic carbocycles. The molecule has 68 valence electrons. The maximum atomic E-state index is 5.56. The molecule has 0 spiro atoms. The molecule has 0 aliphatic rings. The van der Waals surface area contributed by atoms with Gasteiger partial charge in [-0.15, -0.1) is 22.9 Å². The number of rotatable bonds is 3. The zero-order valence-corrected chi connectivity index (χ0v) is 8.66. The van der Waals surface area contributed by atoms with Crippen LogP contribution in [0, 0.1) is 0 Å². The van der Waals surface area contributed by atoms with Gasteiger partial charge in [-0.25, -0.2) is 0 Å². The molecule has 3 heteroatoms. The van der Waals surface area contributed by atoms with Crippen molar-refractivity contribution in [2.45, 2.75) is 6.54 Å². The zero-order valence-electron chi connectivity index (χ0n) is 7.09. The normalized spacial score (nSPS) is 10.8. The Hall–Kier alpha value is -0.570. The van der Waals surface area contributed by atoms with Crippen LogP contribution >= 0.6 is 22.9 Å². The molecule has 13 heavy (non-hydrogen) atoms. The average molecular weight is 212 g/mol. The minimum absolute atomic E-state index is 0.504. The monoisotopic (exact) mass is 211 g/mol. The number of thiophene rings is 1. The zero-order chi connectivity index (χ0) is 9.10. The second kappa shape index (κ2) is 4.09. The van der Waals surface area contributed by atoms with Gasteiger partial charge in [0.15, 0.2) is 0 Å². The van der Waals surface area contributed by atoms with Crippen molar-refractivity contribution in [2.24, 2.45) is 0 Å². The average Bonchev–Trinajstić information content (AvgIpc) is 2.58. The van der Waals surface area contributed by atoms with Crippen LogP contribution in [0.4, 0.5) is 0 Å². The predicted molar refractivity (Wildman–Crippen MR) is 59.4 cm³/mol. The van der Waals surface area contributed by atoms with Gasteiger partial charge in [0.2, 0.25) is 0 Å². The van der Waals surface area contributed by atoms with E-state index in [1.807, 2.05) is 0 Å². The van der Waals surface area contributed by atoms with Crippen LogP contribution in [-0.2, 0) is 6.54 Å². The number of nitrogens with one attached hydrogen (secondary N) is 1. The summed E-state index contributed by atoms with van der Waals surface area (Å²) in [6, 6.07) is 8.93. The molecule has 0 radical (unpaired) electrons. The lowest BCUT2D eigenvalue weighted by atomic mass is 10.2. The van der Waals surface area contributed by atoms with E-state index in [1.54, 1.807) is 11.3 Å². The van der Waals surface area contributed by atoms with E-state index >= 15 is 0 Å². The fraction of sp³-hybridized carbons (Fsp3) is 0.200. The quantitative estimate of drug-likeness (QED) is 0.608. The summed E-state index contributed by atoms with van der Waals surface area (Å²) in [6.07, 6.45) is 0. The highest BCUT2D eigenvalue weighted by molar-refractivity contribution is 7.17. The minimum Gasteiger partial charge on any atom is -0.300 e. The molecule has 0 aliphatic heterocycles. The first kappa shape index (κ1) is 9.00. The lowest BCUT2D eigenvalue weighted by molar-refractivity contribution is 0.798. The number of fused-ring (bicyclic) bond motifs is 1. The van der Waals surface area contributed by atoms with Crippen LogP contribution in [0.25, 0.3) is 10.1 Å². The molecule has 1 aromatic carbocycles. The Balaban J connectivity index is 2.35. The first-order chi connectivity index (χ1) is 6.42. The molecule has 0 fully saturated rings. The Morgan fingerprint density at radius 1 is 1.31 bits per heavy atom. The summed E-state index contributed by atoms with van der Waals surface area (Å²) in [6.45, 7) is 0.855. The molecule has 1 N–H and O–H groups in total. The predicted octanol–water partition coefficient (Wildman–Crippen LogP) is 3.19. The summed E-state index contributed by atoms with van der Waals surface area (Å²) in [5.74, 6) is 0. The summed E-state index contributed by atoms with van der Waals surface area (Å²) in [7, 11) is 0. The van der Waals surface area contributed by atoms with Crippen molar-refractivity contribution in [1.82, 2.24) is 5.32 Å². The van der Waals surface area contributed by atoms with Crippen molar-refractivity contribution in [2.75, 3.05) is 6.00 Å². The molecule has 2 rings (SSSR count). The van der Waals surface area contributed by atoms with Gasteiger partial charge in [0.25, 0.3) is 0 Å². The van der Waals surface area contributed by atoms with Gasteiger partial charge in [-0.1, -0.05) is 18.2 Å². The Kier molecular flexibility index (Phi) is 2.83. The van der Waals surface area contributed by atoms with Crippen LogP contribution in [0.3, 0.4) is 0 Å². The highest BCUT2D eigenvalue weighted by Gasteiger charge is 2.01. The molecule has 2 aromatic rings. The summed E-state index contributed by atoms with van der Waals surface area (Å²) in [5.41, 5.74) is 1.33. The second-order valence-corrected chi connectivity index (χ2v) is 4.00. The van der Waals surface area contributed by atoms with Crippen LogP contribution in [0.5, 0.6) is 0 Å². The fourth-order valence-electron chi connectivity index (χ4n) is 1.35. The van der Waals surface area contributed by atoms with Gasteiger partial charge in [0.05, 0.1) is 6.00 Å². The molecule has 1 aromatic heterocycles. The molecular weight excluding hydrogens is 202 g/mol. The van der Waals surface area contributed by atoms with Gasteiger partial charge in [-0.2, -0.15) is 0 Å². The highest BCUT2D eigenvalue weighted by atomic mass is 35.5. The summed E-state index contributed by atoms with van der Waals surface area (Å²) >= 11 is 7.34. The molecule has 0 atom stereocenters. The van der Waals surface area contributed by atoms with E-state index in [1.165, 1.54) is 15.6 Å². The molecule has 0 amide bonds. The molecule has 1 nitrogen and oxygen atoms in total. The topological polar surface area (TPSA) is 12.0 Å². The Morgan fingerprint density at radius 3 is 3.00 bits per heavy atom. The minimum atomic E-state index is 0.504. The maximum absolute atomic E-state index is 5.56. The number of hydrogen-bond donors (Lipinski definition) is 1. The smallest absolute Gasteiger partial charge is 0.0716 e. The number of hydrogen-bond acceptors (Lipinski definition) is 2. The van der Waals surface area contributed by atoms with E-state index in [0.717, 1.165) is 6.54 Å². The van der Waals surface area contributed by atoms with Gasteiger partial charge in [-0.3, -0.25) is 5.32 Å². The lowest BCUT2D eigenvalue weighted by Gasteiger charge is -1.98. The van der Waals surface area contributed by atoms with Crippen molar-refractivity contribution in [3.63, 3.8) is 0 Å². The van der Waals surface area contributed by atoms with Crippen molar-refractivity contribution < 1.29 is 0 Å². The van der Waals surface area contributed by atoms with Crippen LogP contribution in [-0.4, -0.2) is 6.00 Å². The van der Waals surface area contributed by atoms with Gasteiger partial charge >= 0.3 is 0 Å². The van der Waals surface area contributed by atoms with Crippen LogP contribution in [0.2, 0.25) is 0 Å². The van der Waals surface area contributed by atoms with Crippen molar-refractivity contribution >= 4 is 33.0 Å². The number of benzene rings is 1. The molecule has 0 saturated heterocycles. The molecule has 0 unspecified atom stereocenters. The van der Waals surface area contributed by atoms with Crippen LogP contribution < -0.4 is 5.32 Å². The van der Waals surface area contributed by atoms with Crippen LogP contribution in [0.15, 0.2) is 29.6 Å². The third-order valence-corrected chi connectivity index (χ3v) is 3.17. The molecule has 1 heterocycles. The van der Waals surface area contributed by atoms with E-state index in [4.69, 9.17) is 11.6 Å². The Morgan fingerprint density at radius 2 is 2.15 bits per heavy atom. The SMILES string of the molecule is ClCNCc1csc2ccccc12. The van der Waals surface area contributed by atoms with E-state index < -0.39 is 0 Å². The van der Waals surface area contributed by atoms with E-state index in [2.05, 4.69) is 35.0 Å². The second-order valence-electron chi connectivity index (χ2n) is 2.82. The van der Waals surface area contributed by atoms with Crippen LogP contribution in [0.1, 0.15) is 5.56 Å². The standard InChI is InChI=1S/C10H10ClNS/c11-7-12-5-8-6-13-10-4-2-1-3-9(8)10/h1-4,6,12H,5,7H2. The molecule has 0 bridgehead atoms. The summed E-state index contributed by atoms with van der Waals surface area (Å²) in [4.78, 5) is 0. The van der Waals surface area contributed by atoms with E-state index in [9.17, 15) is 0 Å². The van der Waals surface area contributed by atoms with Gasteiger partial charge < -0.3 is 0 Å². The third-order valence-electron chi connectivity index (χ3n) is 1.97. The van der Waals surface area contributed by atoms with Crippen molar-refractivity contribution in [3.8, 4) is 0 Å². The number of alkyl halides is 1. The summed E-state index contributed by atoms with van der Waals surface area (Å²) < 4.78 is 1.34. The highest BCUT2D eigenvalue weighted by Crippen LogP contribution is 2.25. The first-order valence-corrected chi connectivity index (χ1v) is 5.55. The van der Waals surface area contributed by atoms with E-state index in [-0.39, 0.29) is 0 Å². The molecular formula is C10H10ClNS. The first-order valence-electron chi connectivity index (χ1n) is 4.13. The van der Waals surface area contributed by atoms with Crippen molar-refractivity contribution in [1.29, 1.82) is 0 Å². The molecule has 0 saturated carbocycles. The summed E-state index contributed by atoms with van der Waals surface area (Å²) in [5, 5.41) is 6.64. The Bertz CT molecular complexity index is 396.